The Labute approximate surface area is 104 Å². The summed E-state index contributed by atoms with van der Waals surface area (Å²) in [5, 5.41) is 3.40. The summed E-state index contributed by atoms with van der Waals surface area (Å²) < 4.78 is 0. The predicted octanol–water partition coefficient (Wildman–Crippen LogP) is 2.43. The fourth-order valence-corrected chi connectivity index (χ4v) is 2.52. The highest BCUT2D eigenvalue weighted by Crippen LogP contribution is 2.25. The SMILES string of the molecule is CCNCc1ccncc1N1CCCC(C)C1. The summed E-state index contributed by atoms with van der Waals surface area (Å²) in [7, 11) is 0. The van der Waals surface area contributed by atoms with Crippen molar-refractivity contribution in [1.29, 1.82) is 0 Å². The highest BCUT2D eigenvalue weighted by Gasteiger charge is 2.18. The molecule has 0 aliphatic carbocycles. The summed E-state index contributed by atoms with van der Waals surface area (Å²) in [4.78, 5) is 6.78. The minimum absolute atomic E-state index is 0.802. The van der Waals surface area contributed by atoms with E-state index in [1.807, 2.05) is 12.4 Å². The normalized spacial score (nSPS) is 20.6. The van der Waals surface area contributed by atoms with Crippen molar-refractivity contribution in [3.8, 4) is 0 Å². The number of anilines is 1. The molecule has 0 saturated carbocycles. The Morgan fingerprint density at radius 1 is 1.53 bits per heavy atom. The quantitative estimate of drug-likeness (QED) is 0.865. The van der Waals surface area contributed by atoms with Crippen LogP contribution in [0.5, 0.6) is 0 Å². The fourth-order valence-electron chi connectivity index (χ4n) is 2.52. The Kier molecular flexibility index (Phi) is 4.37. The summed E-state index contributed by atoms with van der Waals surface area (Å²) in [6.07, 6.45) is 6.57. The molecular weight excluding hydrogens is 210 g/mol. The summed E-state index contributed by atoms with van der Waals surface area (Å²) in [5.41, 5.74) is 2.69. The van der Waals surface area contributed by atoms with Crippen molar-refractivity contribution < 1.29 is 0 Å². The van der Waals surface area contributed by atoms with Crippen LogP contribution in [0.1, 0.15) is 32.3 Å². The smallest absolute Gasteiger partial charge is 0.0598 e. The Bertz CT molecular complexity index is 351. The zero-order chi connectivity index (χ0) is 12.1. The van der Waals surface area contributed by atoms with Crippen LogP contribution in [-0.4, -0.2) is 24.6 Å². The lowest BCUT2D eigenvalue weighted by atomic mass is 9.99. The van der Waals surface area contributed by atoms with Crippen molar-refractivity contribution in [3.63, 3.8) is 0 Å². The van der Waals surface area contributed by atoms with Crippen LogP contribution < -0.4 is 10.2 Å². The van der Waals surface area contributed by atoms with E-state index in [9.17, 15) is 0 Å². The van der Waals surface area contributed by atoms with Crippen LogP contribution in [0, 0.1) is 5.92 Å². The van der Waals surface area contributed by atoms with Crippen molar-refractivity contribution in [2.45, 2.75) is 33.2 Å². The maximum absolute atomic E-state index is 4.28. The molecule has 1 N–H and O–H groups in total. The van der Waals surface area contributed by atoms with E-state index in [1.165, 1.54) is 37.2 Å². The number of hydrogen-bond acceptors (Lipinski definition) is 3. The van der Waals surface area contributed by atoms with Crippen LogP contribution in [-0.2, 0) is 6.54 Å². The molecule has 3 heteroatoms. The van der Waals surface area contributed by atoms with Gasteiger partial charge in [0.2, 0.25) is 0 Å². The second-order valence-electron chi connectivity index (χ2n) is 4.98. The number of nitrogens with zero attached hydrogens (tertiary/aromatic N) is 2. The molecule has 1 fully saturated rings. The molecule has 0 spiro atoms. The lowest BCUT2D eigenvalue weighted by Gasteiger charge is -2.33. The second kappa shape index (κ2) is 6.01. The van der Waals surface area contributed by atoms with Gasteiger partial charge in [-0.3, -0.25) is 4.98 Å². The van der Waals surface area contributed by atoms with Gasteiger partial charge in [-0.05, 0) is 36.9 Å². The van der Waals surface area contributed by atoms with Crippen LogP contribution in [0.3, 0.4) is 0 Å². The Morgan fingerprint density at radius 2 is 2.41 bits per heavy atom. The largest absolute Gasteiger partial charge is 0.370 e. The van der Waals surface area contributed by atoms with Gasteiger partial charge in [-0.2, -0.15) is 0 Å². The molecule has 1 aromatic rings. The first-order chi connectivity index (χ1) is 8.31. The molecule has 3 nitrogen and oxygen atoms in total. The first-order valence-electron chi connectivity index (χ1n) is 6.69. The molecule has 1 aliphatic heterocycles. The summed E-state index contributed by atoms with van der Waals surface area (Å²) in [6.45, 7) is 8.79. The summed E-state index contributed by atoms with van der Waals surface area (Å²) >= 11 is 0. The molecule has 17 heavy (non-hydrogen) atoms. The first kappa shape index (κ1) is 12.4. The predicted molar refractivity (Wildman–Crippen MR) is 72.2 cm³/mol. The van der Waals surface area contributed by atoms with Crippen molar-refractivity contribution in [2.75, 3.05) is 24.5 Å². The van der Waals surface area contributed by atoms with Gasteiger partial charge in [0.1, 0.15) is 0 Å². The molecule has 1 atom stereocenters. The molecule has 1 saturated heterocycles. The van der Waals surface area contributed by atoms with Crippen LogP contribution in [0.25, 0.3) is 0 Å². The van der Waals surface area contributed by atoms with Crippen molar-refractivity contribution in [2.24, 2.45) is 5.92 Å². The molecule has 0 amide bonds. The first-order valence-corrected chi connectivity index (χ1v) is 6.69. The summed E-state index contributed by atoms with van der Waals surface area (Å²) in [6, 6.07) is 2.14. The Balaban J connectivity index is 2.12. The van der Waals surface area contributed by atoms with Gasteiger partial charge < -0.3 is 10.2 Å². The van der Waals surface area contributed by atoms with Crippen LogP contribution in [0.15, 0.2) is 18.5 Å². The van der Waals surface area contributed by atoms with E-state index < -0.39 is 0 Å². The summed E-state index contributed by atoms with van der Waals surface area (Å²) in [5.74, 6) is 0.802. The van der Waals surface area contributed by atoms with Crippen molar-refractivity contribution >= 4 is 5.69 Å². The Morgan fingerprint density at radius 3 is 3.18 bits per heavy atom. The number of hydrogen-bond donors (Lipinski definition) is 1. The van der Waals surface area contributed by atoms with E-state index in [2.05, 4.69) is 35.1 Å². The van der Waals surface area contributed by atoms with Crippen LogP contribution in [0.2, 0.25) is 0 Å². The van der Waals surface area contributed by atoms with Gasteiger partial charge in [0.15, 0.2) is 0 Å². The van der Waals surface area contributed by atoms with Gasteiger partial charge in [0.25, 0.3) is 0 Å². The lowest BCUT2D eigenvalue weighted by Crippen LogP contribution is -2.35. The number of piperidine rings is 1. The van der Waals surface area contributed by atoms with E-state index in [0.29, 0.717) is 0 Å². The topological polar surface area (TPSA) is 28.2 Å². The third-order valence-corrected chi connectivity index (χ3v) is 3.45. The third kappa shape index (κ3) is 3.19. The van der Waals surface area contributed by atoms with Gasteiger partial charge >= 0.3 is 0 Å². The van der Waals surface area contributed by atoms with E-state index in [1.54, 1.807) is 0 Å². The number of nitrogens with one attached hydrogen (secondary N) is 1. The average Bonchev–Trinajstić information content (AvgIpc) is 2.37. The van der Waals surface area contributed by atoms with Gasteiger partial charge in [0.05, 0.1) is 11.9 Å². The molecular formula is C14H23N3. The minimum Gasteiger partial charge on any atom is -0.370 e. The maximum Gasteiger partial charge on any atom is 0.0598 e. The Hall–Kier alpha value is -1.09. The van der Waals surface area contributed by atoms with E-state index >= 15 is 0 Å². The standard InChI is InChI=1S/C14H23N3/c1-3-15-9-13-6-7-16-10-14(13)17-8-4-5-12(2)11-17/h6-7,10,12,15H,3-5,8-9,11H2,1-2H3. The molecule has 0 radical (unpaired) electrons. The molecule has 94 valence electrons. The zero-order valence-corrected chi connectivity index (χ0v) is 10.9. The number of pyridine rings is 1. The van der Waals surface area contributed by atoms with E-state index in [0.717, 1.165) is 19.0 Å². The average molecular weight is 233 g/mol. The van der Waals surface area contributed by atoms with E-state index in [4.69, 9.17) is 0 Å². The lowest BCUT2D eigenvalue weighted by molar-refractivity contribution is 0.445. The molecule has 0 aromatic carbocycles. The molecule has 1 unspecified atom stereocenters. The molecule has 0 bridgehead atoms. The minimum atomic E-state index is 0.802. The van der Waals surface area contributed by atoms with Gasteiger partial charge in [-0.15, -0.1) is 0 Å². The second-order valence-corrected chi connectivity index (χ2v) is 4.98. The van der Waals surface area contributed by atoms with Crippen molar-refractivity contribution in [1.82, 2.24) is 10.3 Å². The highest BCUT2D eigenvalue weighted by molar-refractivity contribution is 5.52. The van der Waals surface area contributed by atoms with Gasteiger partial charge in [0, 0.05) is 25.8 Å². The molecule has 2 heterocycles. The maximum atomic E-state index is 4.28. The third-order valence-electron chi connectivity index (χ3n) is 3.45. The van der Waals surface area contributed by atoms with Gasteiger partial charge in [-0.25, -0.2) is 0 Å². The number of rotatable bonds is 4. The van der Waals surface area contributed by atoms with Crippen LogP contribution in [0.4, 0.5) is 5.69 Å². The molecule has 1 aliphatic rings. The fraction of sp³-hybridized carbons (Fsp3) is 0.643. The van der Waals surface area contributed by atoms with Gasteiger partial charge in [-0.1, -0.05) is 13.8 Å². The monoisotopic (exact) mass is 233 g/mol. The van der Waals surface area contributed by atoms with Crippen molar-refractivity contribution in [3.05, 3.63) is 24.0 Å². The van der Waals surface area contributed by atoms with Crippen LogP contribution >= 0.6 is 0 Å². The number of aromatic nitrogens is 1. The highest BCUT2D eigenvalue weighted by atomic mass is 15.1. The molecule has 1 aromatic heterocycles. The molecule has 2 rings (SSSR count). The zero-order valence-electron chi connectivity index (χ0n) is 10.9. The van der Waals surface area contributed by atoms with E-state index in [-0.39, 0.29) is 0 Å².